The molecule has 1 atom stereocenters. The van der Waals surface area contributed by atoms with Crippen molar-refractivity contribution in [2.45, 2.75) is 32.7 Å². The lowest BCUT2D eigenvalue weighted by atomic mass is 9.91. The van der Waals surface area contributed by atoms with E-state index in [1.807, 2.05) is 13.8 Å². The fourth-order valence-electron chi connectivity index (χ4n) is 3.43. The summed E-state index contributed by atoms with van der Waals surface area (Å²) in [6.45, 7) is 3.95. The molecule has 1 aliphatic rings. The van der Waals surface area contributed by atoms with Gasteiger partial charge in [-0.25, -0.2) is 0 Å². The molecule has 1 heterocycles. The van der Waals surface area contributed by atoms with E-state index in [2.05, 4.69) is 0 Å². The Bertz CT molecular complexity index is 769. The summed E-state index contributed by atoms with van der Waals surface area (Å²) in [5.41, 5.74) is 1.03. The van der Waals surface area contributed by atoms with Crippen molar-refractivity contribution in [3.8, 4) is 11.5 Å². The molecule has 2 amide bonds. The zero-order valence-electron chi connectivity index (χ0n) is 14.4. The van der Waals surface area contributed by atoms with Crippen molar-refractivity contribution >= 4 is 22.6 Å². The van der Waals surface area contributed by atoms with E-state index in [-0.39, 0.29) is 17.9 Å². The molecule has 0 saturated heterocycles. The van der Waals surface area contributed by atoms with E-state index in [0.717, 1.165) is 12.8 Å². The molecule has 0 aromatic heterocycles. The molecule has 0 fully saturated rings. The highest BCUT2D eigenvalue weighted by Crippen LogP contribution is 2.41. The van der Waals surface area contributed by atoms with Crippen LogP contribution in [0, 0.1) is 0 Å². The number of amides is 2. The molecule has 2 aromatic carbocycles. The predicted octanol–water partition coefficient (Wildman–Crippen LogP) is 3.64. The van der Waals surface area contributed by atoms with Crippen LogP contribution in [0.4, 0.5) is 0 Å². The highest BCUT2D eigenvalue weighted by atomic mass is 16.5. The Morgan fingerprint density at radius 1 is 0.917 bits per heavy atom. The van der Waals surface area contributed by atoms with Crippen LogP contribution in [0.15, 0.2) is 24.3 Å². The SMILES string of the molecule is CCCC(C)N1C(=O)c2ccc(OC)c3c(OC)ccc(c23)C1=O. The minimum absolute atomic E-state index is 0.137. The summed E-state index contributed by atoms with van der Waals surface area (Å²) in [6.07, 6.45) is 1.69. The van der Waals surface area contributed by atoms with Crippen molar-refractivity contribution in [2.24, 2.45) is 0 Å². The Morgan fingerprint density at radius 2 is 1.42 bits per heavy atom. The highest BCUT2D eigenvalue weighted by molar-refractivity contribution is 6.27. The standard InChI is InChI=1S/C19H21NO4/c1-5-6-11(2)20-18(21)12-7-9-14(23-3)17-15(24-4)10-8-13(16(12)17)19(20)22/h7-11H,5-6H2,1-4H3. The van der Waals surface area contributed by atoms with Crippen LogP contribution in [-0.4, -0.2) is 37.0 Å². The number of imide groups is 1. The number of carbonyl (C=O) groups excluding carboxylic acids is 2. The van der Waals surface area contributed by atoms with Crippen molar-refractivity contribution < 1.29 is 19.1 Å². The van der Waals surface area contributed by atoms with Gasteiger partial charge in [0, 0.05) is 22.6 Å². The molecule has 2 aromatic rings. The Morgan fingerprint density at radius 3 is 1.83 bits per heavy atom. The van der Waals surface area contributed by atoms with Crippen LogP contribution in [0.5, 0.6) is 11.5 Å². The summed E-state index contributed by atoms with van der Waals surface area (Å²) in [4.78, 5) is 27.3. The highest BCUT2D eigenvalue weighted by Gasteiger charge is 2.36. The summed E-state index contributed by atoms with van der Waals surface area (Å²) in [7, 11) is 3.12. The van der Waals surface area contributed by atoms with Gasteiger partial charge in [-0.1, -0.05) is 13.3 Å². The number of carbonyl (C=O) groups is 2. The monoisotopic (exact) mass is 327 g/mol. The minimum Gasteiger partial charge on any atom is -0.496 e. The van der Waals surface area contributed by atoms with Gasteiger partial charge in [-0.2, -0.15) is 0 Å². The smallest absolute Gasteiger partial charge is 0.261 e. The molecule has 0 N–H and O–H groups in total. The lowest BCUT2D eigenvalue weighted by Gasteiger charge is -2.32. The maximum Gasteiger partial charge on any atom is 0.261 e. The Kier molecular flexibility index (Phi) is 4.18. The first-order chi connectivity index (χ1) is 11.5. The first-order valence-electron chi connectivity index (χ1n) is 8.10. The van der Waals surface area contributed by atoms with Crippen molar-refractivity contribution in [1.82, 2.24) is 4.90 Å². The molecule has 0 radical (unpaired) electrons. The van der Waals surface area contributed by atoms with E-state index in [1.165, 1.54) is 4.90 Å². The number of ether oxygens (including phenoxy) is 2. The van der Waals surface area contributed by atoms with Gasteiger partial charge in [0.05, 0.1) is 19.6 Å². The second-order valence-corrected chi connectivity index (χ2v) is 6.00. The third kappa shape index (κ3) is 2.23. The molecule has 5 heteroatoms. The van der Waals surface area contributed by atoms with Gasteiger partial charge in [-0.3, -0.25) is 14.5 Å². The molecule has 0 bridgehead atoms. The molecular weight excluding hydrogens is 306 g/mol. The lowest BCUT2D eigenvalue weighted by Crippen LogP contribution is -2.45. The Labute approximate surface area is 141 Å². The van der Waals surface area contributed by atoms with Crippen molar-refractivity contribution in [3.63, 3.8) is 0 Å². The van der Waals surface area contributed by atoms with Gasteiger partial charge in [0.15, 0.2) is 0 Å². The number of hydrogen-bond acceptors (Lipinski definition) is 4. The summed E-state index contributed by atoms with van der Waals surface area (Å²) in [6, 6.07) is 6.82. The van der Waals surface area contributed by atoms with Crippen LogP contribution >= 0.6 is 0 Å². The van der Waals surface area contributed by atoms with Crippen LogP contribution < -0.4 is 9.47 Å². The summed E-state index contributed by atoms with van der Waals surface area (Å²) in [5, 5.41) is 1.28. The second kappa shape index (κ2) is 6.15. The van der Waals surface area contributed by atoms with E-state index >= 15 is 0 Å². The number of rotatable bonds is 5. The first kappa shape index (κ1) is 16.3. The van der Waals surface area contributed by atoms with Gasteiger partial charge in [-0.15, -0.1) is 0 Å². The van der Waals surface area contributed by atoms with Crippen LogP contribution in [0.1, 0.15) is 47.4 Å². The molecule has 0 saturated carbocycles. The number of benzene rings is 2. The maximum absolute atomic E-state index is 13.0. The molecule has 0 aliphatic carbocycles. The molecular formula is C19H21NO4. The van der Waals surface area contributed by atoms with Crippen LogP contribution in [0.2, 0.25) is 0 Å². The number of nitrogens with zero attached hydrogens (tertiary/aromatic N) is 1. The van der Waals surface area contributed by atoms with Gasteiger partial charge in [0.25, 0.3) is 11.8 Å². The zero-order chi connectivity index (χ0) is 17.4. The van der Waals surface area contributed by atoms with Gasteiger partial charge in [0.1, 0.15) is 11.5 Å². The molecule has 1 unspecified atom stereocenters. The van der Waals surface area contributed by atoms with E-state index in [9.17, 15) is 9.59 Å². The van der Waals surface area contributed by atoms with Crippen molar-refractivity contribution in [2.75, 3.05) is 14.2 Å². The number of methoxy groups -OCH3 is 2. The molecule has 3 rings (SSSR count). The third-order valence-electron chi connectivity index (χ3n) is 4.57. The van der Waals surface area contributed by atoms with Crippen LogP contribution in [0.25, 0.3) is 10.8 Å². The Hall–Kier alpha value is -2.56. The molecule has 126 valence electrons. The molecule has 0 spiro atoms. The van der Waals surface area contributed by atoms with Gasteiger partial charge in [-0.05, 0) is 37.6 Å². The van der Waals surface area contributed by atoms with Crippen LogP contribution in [-0.2, 0) is 0 Å². The molecule has 1 aliphatic heterocycles. The topological polar surface area (TPSA) is 55.8 Å². The minimum atomic E-state index is -0.255. The lowest BCUT2D eigenvalue weighted by molar-refractivity contribution is 0.0544. The van der Waals surface area contributed by atoms with Crippen molar-refractivity contribution in [3.05, 3.63) is 35.4 Å². The van der Waals surface area contributed by atoms with E-state index in [0.29, 0.717) is 33.4 Å². The summed E-state index contributed by atoms with van der Waals surface area (Å²) in [5.74, 6) is 0.662. The normalized spacial score (nSPS) is 14.9. The zero-order valence-corrected chi connectivity index (χ0v) is 14.4. The fraction of sp³-hybridized carbons (Fsp3) is 0.368. The average molecular weight is 327 g/mol. The van der Waals surface area contributed by atoms with E-state index in [4.69, 9.17) is 9.47 Å². The van der Waals surface area contributed by atoms with Gasteiger partial charge < -0.3 is 9.47 Å². The predicted molar refractivity (Wildman–Crippen MR) is 91.9 cm³/mol. The summed E-state index contributed by atoms with van der Waals surface area (Å²) >= 11 is 0. The second-order valence-electron chi connectivity index (χ2n) is 6.00. The van der Waals surface area contributed by atoms with Crippen molar-refractivity contribution in [1.29, 1.82) is 0 Å². The quantitative estimate of drug-likeness (QED) is 0.787. The van der Waals surface area contributed by atoms with Gasteiger partial charge in [0.2, 0.25) is 0 Å². The van der Waals surface area contributed by atoms with E-state index in [1.54, 1.807) is 38.5 Å². The largest absolute Gasteiger partial charge is 0.496 e. The fourth-order valence-corrected chi connectivity index (χ4v) is 3.43. The third-order valence-corrected chi connectivity index (χ3v) is 4.57. The molecule has 5 nitrogen and oxygen atoms in total. The van der Waals surface area contributed by atoms with E-state index < -0.39 is 0 Å². The maximum atomic E-state index is 13.0. The molecule has 24 heavy (non-hydrogen) atoms. The summed E-state index contributed by atoms with van der Waals surface area (Å²) < 4.78 is 10.8. The average Bonchev–Trinajstić information content (AvgIpc) is 2.59. The van der Waals surface area contributed by atoms with Crippen LogP contribution in [0.3, 0.4) is 0 Å². The van der Waals surface area contributed by atoms with Gasteiger partial charge >= 0.3 is 0 Å². The first-order valence-corrected chi connectivity index (χ1v) is 8.10. The Balaban J connectivity index is 2.30. The number of hydrogen-bond donors (Lipinski definition) is 0.